The van der Waals surface area contributed by atoms with Gasteiger partial charge in [0.05, 0.1) is 0 Å². The van der Waals surface area contributed by atoms with E-state index < -0.39 is 20.7 Å². The van der Waals surface area contributed by atoms with Gasteiger partial charge in [-0.2, -0.15) is 4.31 Å². The monoisotopic (exact) mass is 338 g/mol. The summed E-state index contributed by atoms with van der Waals surface area (Å²) >= 11 is 0. The minimum atomic E-state index is -3.82. The van der Waals surface area contributed by atoms with Crippen molar-refractivity contribution in [3.63, 3.8) is 0 Å². The first-order valence-electron chi connectivity index (χ1n) is 7.93. The predicted octanol–water partition coefficient (Wildman–Crippen LogP) is 1.53. The molecule has 7 heteroatoms. The Labute approximate surface area is 136 Å². The molecule has 3 rings (SSSR count). The Kier molecular flexibility index (Phi) is 4.10. The number of carboxylic acid groups (broad SMARTS) is 1. The summed E-state index contributed by atoms with van der Waals surface area (Å²) in [6.07, 6.45) is 1.10. The third kappa shape index (κ3) is 2.52. The van der Waals surface area contributed by atoms with Crippen LogP contribution in [0.4, 0.5) is 5.69 Å². The zero-order chi connectivity index (χ0) is 16.7. The molecule has 0 radical (unpaired) electrons. The number of sulfonamides is 1. The average Bonchev–Trinajstić information content (AvgIpc) is 2.46. The first kappa shape index (κ1) is 16.3. The summed E-state index contributed by atoms with van der Waals surface area (Å²) in [5.74, 6) is -1.21. The summed E-state index contributed by atoms with van der Waals surface area (Å²) in [4.78, 5) is 13.7. The molecule has 2 aliphatic rings. The van der Waals surface area contributed by atoms with Crippen LogP contribution in [0, 0.1) is 0 Å². The maximum Gasteiger partial charge on any atom is 0.326 e. The van der Waals surface area contributed by atoms with Gasteiger partial charge in [-0.3, -0.25) is 4.79 Å². The van der Waals surface area contributed by atoms with Gasteiger partial charge in [-0.25, -0.2) is 8.42 Å². The van der Waals surface area contributed by atoms with E-state index in [0.29, 0.717) is 26.1 Å². The molecule has 126 valence electrons. The van der Waals surface area contributed by atoms with Gasteiger partial charge in [-0.15, -0.1) is 0 Å². The molecule has 6 nitrogen and oxygen atoms in total. The van der Waals surface area contributed by atoms with Gasteiger partial charge in [0, 0.05) is 31.4 Å². The third-order valence-corrected chi connectivity index (χ3v) is 7.64. The fraction of sp³-hybridized carbons (Fsp3) is 0.562. The SMILES string of the molecule is CC1CN(S(=O)(=O)C2(C(=O)O)CCC2)CCN1c1ccccc1. The number of aliphatic carboxylic acids is 1. The van der Waals surface area contributed by atoms with E-state index in [2.05, 4.69) is 4.90 Å². The minimum absolute atomic E-state index is 0.00634. The lowest BCUT2D eigenvalue weighted by molar-refractivity contribution is -0.142. The van der Waals surface area contributed by atoms with Gasteiger partial charge in [0.1, 0.15) is 0 Å². The summed E-state index contributed by atoms with van der Waals surface area (Å²) in [6, 6.07) is 9.88. The minimum Gasteiger partial charge on any atom is -0.480 e. The second-order valence-corrected chi connectivity index (χ2v) is 8.64. The number of nitrogens with zero attached hydrogens (tertiary/aromatic N) is 2. The summed E-state index contributed by atoms with van der Waals surface area (Å²) in [6.45, 7) is 3.20. The Morgan fingerprint density at radius 3 is 2.35 bits per heavy atom. The Balaban J connectivity index is 1.79. The van der Waals surface area contributed by atoms with Gasteiger partial charge in [0.15, 0.2) is 4.75 Å². The topological polar surface area (TPSA) is 77.9 Å². The highest BCUT2D eigenvalue weighted by Gasteiger charge is 2.58. The molecule has 1 saturated carbocycles. The lowest BCUT2D eigenvalue weighted by Crippen LogP contribution is -2.62. The average molecular weight is 338 g/mol. The zero-order valence-electron chi connectivity index (χ0n) is 13.2. The van der Waals surface area contributed by atoms with Crippen LogP contribution in [0.5, 0.6) is 0 Å². The van der Waals surface area contributed by atoms with Crippen LogP contribution in [0.15, 0.2) is 30.3 Å². The van der Waals surface area contributed by atoms with Crippen LogP contribution < -0.4 is 4.90 Å². The van der Waals surface area contributed by atoms with Crippen molar-refractivity contribution in [1.29, 1.82) is 0 Å². The highest BCUT2D eigenvalue weighted by atomic mass is 32.2. The molecule has 1 aliphatic carbocycles. The maximum absolute atomic E-state index is 12.8. The van der Waals surface area contributed by atoms with Crippen LogP contribution >= 0.6 is 0 Å². The fourth-order valence-corrected chi connectivity index (χ4v) is 5.73. The Bertz CT molecular complexity index is 685. The standard InChI is InChI=1S/C16H22N2O4S/c1-13-12-17(10-11-18(13)14-6-3-2-4-7-14)23(21,22)16(15(19)20)8-5-9-16/h2-4,6-7,13H,5,8-12H2,1H3,(H,19,20). The van der Waals surface area contributed by atoms with Gasteiger partial charge in [0.25, 0.3) is 0 Å². The van der Waals surface area contributed by atoms with E-state index in [1.807, 2.05) is 37.3 Å². The molecule has 1 unspecified atom stereocenters. The van der Waals surface area contributed by atoms with Crippen molar-refractivity contribution in [3.8, 4) is 0 Å². The molecule has 1 heterocycles. The van der Waals surface area contributed by atoms with E-state index in [4.69, 9.17) is 0 Å². The van der Waals surface area contributed by atoms with Crippen LogP contribution in [-0.4, -0.2) is 54.2 Å². The largest absolute Gasteiger partial charge is 0.480 e. The molecule has 0 amide bonds. The van der Waals surface area contributed by atoms with E-state index in [0.717, 1.165) is 5.69 Å². The quantitative estimate of drug-likeness (QED) is 0.901. The molecule has 0 aromatic heterocycles. The van der Waals surface area contributed by atoms with E-state index in [9.17, 15) is 18.3 Å². The van der Waals surface area contributed by atoms with Crippen LogP contribution in [0.1, 0.15) is 26.2 Å². The highest BCUT2D eigenvalue weighted by Crippen LogP contribution is 2.42. The van der Waals surface area contributed by atoms with E-state index in [1.54, 1.807) is 0 Å². The van der Waals surface area contributed by atoms with Crippen LogP contribution in [0.2, 0.25) is 0 Å². The molecule has 1 aromatic rings. The first-order chi connectivity index (χ1) is 10.9. The van der Waals surface area contributed by atoms with Crippen molar-refractivity contribution in [2.24, 2.45) is 0 Å². The number of anilines is 1. The molecule has 23 heavy (non-hydrogen) atoms. The Morgan fingerprint density at radius 2 is 1.87 bits per heavy atom. The number of rotatable bonds is 4. The molecule has 1 N–H and O–H groups in total. The van der Waals surface area contributed by atoms with Gasteiger partial charge < -0.3 is 10.0 Å². The van der Waals surface area contributed by atoms with Crippen LogP contribution in [0.3, 0.4) is 0 Å². The van der Waals surface area contributed by atoms with Crippen LogP contribution in [0.25, 0.3) is 0 Å². The number of benzene rings is 1. The van der Waals surface area contributed by atoms with Gasteiger partial charge in [-0.1, -0.05) is 18.2 Å². The molecule has 0 bridgehead atoms. The molecule has 1 aliphatic heterocycles. The second-order valence-electron chi connectivity index (χ2n) is 6.39. The van der Waals surface area contributed by atoms with Crippen LogP contribution in [-0.2, 0) is 14.8 Å². The summed E-state index contributed by atoms with van der Waals surface area (Å²) < 4.78 is 25.5. The zero-order valence-corrected chi connectivity index (χ0v) is 14.0. The molecule has 2 fully saturated rings. The number of hydrogen-bond acceptors (Lipinski definition) is 4. The van der Waals surface area contributed by atoms with E-state index in [1.165, 1.54) is 4.31 Å². The van der Waals surface area contributed by atoms with Gasteiger partial charge in [-0.05, 0) is 38.3 Å². The molecule has 1 aromatic carbocycles. The summed E-state index contributed by atoms with van der Waals surface area (Å²) in [7, 11) is -3.82. The number of para-hydroxylation sites is 1. The first-order valence-corrected chi connectivity index (χ1v) is 9.37. The van der Waals surface area contributed by atoms with Crippen molar-refractivity contribution >= 4 is 21.7 Å². The maximum atomic E-state index is 12.8. The van der Waals surface area contributed by atoms with Gasteiger partial charge in [0.2, 0.25) is 10.0 Å². The summed E-state index contributed by atoms with van der Waals surface area (Å²) in [5, 5.41) is 9.43. The van der Waals surface area contributed by atoms with Crippen molar-refractivity contribution in [1.82, 2.24) is 4.31 Å². The highest BCUT2D eigenvalue weighted by molar-refractivity contribution is 7.91. The fourth-order valence-electron chi connectivity index (χ4n) is 3.47. The van der Waals surface area contributed by atoms with E-state index >= 15 is 0 Å². The number of carbonyl (C=O) groups is 1. The second kappa shape index (κ2) is 5.79. The molecule has 1 saturated heterocycles. The molecule has 0 spiro atoms. The molecule has 1 atom stereocenters. The summed E-state index contributed by atoms with van der Waals surface area (Å²) in [5.41, 5.74) is 1.06. The lowest BCUT2D eigenvalue weighted by atomic mass is 9.84. The number of piperazine rings is 1. The predicted molar refractivity (Wildman–Crippen MR) is 88.0 cm³/mol. The van der Waals surface area contributed by atoms with Crippen molar-refractivity contribution in [2.45, 2.75) is 37.0 Å². The number of hydrogen-bond donors (Lipinski definition) is 1. The smallest absolute Gasteiger partial charge is 0.326 e. The third-order valence-electron chi connectivity index (χ3n) is 5.06. The molecular formula is C16H22N2O4S. The molecular weight excluding hydrogens is 316 g/mol. The van der Waals surface area contributed by atoms with Crippen molar-refractivity contribution in [2.75, 3.05) is 24.5 Å². The lowest BCUT2D eigenvalue weighted by Gasteiger charge is -2.45. The Morgan fingerprint density at radius 1 is 1.22 bits per heavy atom. The van der Waals surface area contributed by atoms with E-state index in [-0.39, 0.29) is 18.9 Å². The van der Waals surface area contributed by atoms with Crippen molar-refractivity contribution < 1.29 is 18.3 Å². The van der Waals surface area contributed by atoms with Crippen molar-refractivity contribution in [3.05, 3.63) is 30.3 Å². The number of carboxylic acids is 1. The van der Waals surface area contributed by atoms with Gasteiger partial charge >= 0.3 is 5.97 Å². The normalized spacial score (nSPS) is 24.9. The Hall–Kier alpha value is -1.60.